The molecule has 3 rings (SSSR count). The van der Waals surface area contributed by atoms with E-state index in [1.165, 1.54) is 4.31 Å². The molecule has 1 aliphatic carbocycles. The van der Waals surface area contributed by atoms with Crippen LogP contribution in [-0.2, 0) is 20.6 Å². The first-order chi connectivity index (χ1) is 10.9. The predicted molar refractivity (Wildman–Crippen MR) is 87.4 cm³/mol. The van der Waals surface area contributed by atoms with Crippen LogP contribution in [0.3, 0.4) is 0 Å². The van der Waals surface area contributed by atoms with Crippen LogP contribution < -0.4 is 0 Å². The Morgan fingerprint density at radius 1 is 1.22 bits per heavy atom. The molecule has 2 aliphatic rings. The zero-order valence-corrected chi connectivity index (χ0v) is 14.1. The quantitative estimate of drug-likeness (QED) is 0.916. The zero-order valence-electron chi connectivity index (χ0n) is 13.3. The first kappa shape index (κ1) is 16.5. The molecular formula is C17H23NO4S. The molecule has 5 nitrogen and oxygen atoms in total. The first-order valence-corrected chi connectivity index (χ1v) is 9.79. The monoisotopic (exact) mass is 337 g/mol. The minimum Gasteiger partial charge on any atom is -0.480 e. The SMILES string of the molecule is Cc1ccc(CS(=O)(=O)N2C(C(=O)O)CC3CCCCC32)cc1. The van der Waals surface area contributed by atoms with Gasteiger partial charge in [-0.1, -0.05) is 42.7 Å². The van der Waals surface area contributed by atoms with Gasteiger partial charge in [-0.2, -0.15) is 4.31 Å². The second-order valence-corrected chi connectivity index (χ2v) is 8.65. The summed E-state index contributed by atoms with van der Waals surface area (Å²) in [7, 11) is -3.64. The summed E-state index contributed by atoms with van der Waals surface area (Å²) in [5, 5.41) is 9.49. The molecule has 1 aromatic carbocycles. The van der Waals surface area contributed by atoms with Crippen LogP contribution in [0.15, 0.2) is 24.3 Å². The van der Waals surface area contributed by atoms with Gasteiger partial charge < -0.3 is 5.11 Å². The topological polar surface area (TPSA) is 74.7 Å². The lowest BCUT2D eigenvalue weighted by Gasteiger charge is -2.32. The molecular weight excluding hydrogens is 314 g/mol. The Bertz CT molecular complexity index is 683. The van der Waals surface area contributed by atoms with Gasteiger partial charge >= 0.3 is 5.97 Å². The number of hydrogen-bond donors (Lipinski definition) is 1. The van der Waals surface area contributed by atoms with Crippen LogP contribution in [0.5, 0.6) is 0 Å². The lowest BCUT2D eigenvalue weighted by molar-refractivity contribution is -0.141. The average Bonchev–Trinajstić information content (AvgIpc) is 2.90. The summed E-state index contributed by atoms with van der Waals surface area (Å²) in [6, 6.07) is 6.33. The van der Waals surface area contributed by atoms with Crippen LogP contribution in [0, 0.1) is 12.8 Å². The summed E-state index contributed by atoms with van der Waals surface area (Å²) in [4.78, 5) is 11.6. The maximum Gasteiger partial charge on any atom is 0.322 e. The third kappa shape index (κ3) is 3.28. The Kier molecular flexibility index (Phi) is 4.47. The molecule has 0 radical (unpaired) electrons. The molecule has 1 heterocycles. The Labute approximate surface area is 137 Å². The van der Waals surface area contributed by atoms with E-state index in [-0.39, 0.29) is 17.7 Å². The highest BCUT2D eigenvalue weighted by molar-refractivity contribution is 7.88. The van der Waals surface area contributed by atoms with Crippen molar-refractivity contribution in [2.24, 2.45) is 5.92 Å². The molecule has 1 aromatic rings. The molecule has 6 heteroatoms. The van der Waals surface area contributed by atoms with Gasteiger partial charge in [-0.3, -0.25) is 4.79 Å². The first-order valence-electron chi connectivity index (χ1n) is 8.18. The van der Waals surface area contributed by atoms with Gasteiger partial charge in [-0.15, -0.1) is 0 Å². The van der Waals surface area contributed by atoms with E-state index >= 15 is 0 Å². The lowest BCUT2D eigenvalue weighted by Crippen LogP contribution is -2.46. The van der Waals surface area contributed by atoms with Crippen molar-refractivity contribution in [1.29, 1.82) is 0 Å². The van der Waals surface area contributed by atoms with E-state index < -0.39 is 22.0 Å². The van der Waals surface area contributed by atoms with E-state index in [9.17, 15) is 18.3 Å². The lowest BCUT2D eigenvalue weighted by atomic mass is 9.85. The third-order valence-corrected chi connectivity index (χ3v) is 6.97. The number of carboxylic acids is 1. The fourth-order valence-corrected chi connectivity index (χ4v) is 6.02. The van der Waals surface area contributed by atoms with Crippen molar-refractivity contribution in [2.75, 3.05) is 0 Å². The molecule has 126 valence electrons. The molecule has 0 spiro atoms. The normalized spacial score (nSPS) is 28.5. The van der Waals surface area contributed by atoms with Crippen molar-refractivity contribution >= 4 is 16.0 Å². The number of hydrogen-bond acceptors (Lipinski definition) is 3. The number of fused-ring (bicyclic) bond motifs is 1. The van der Waals surface area contributed by atoms with Crippen molar-refractivity contribution in [3.8, 4) is 0 Å². The van der Waals surface area contributed by atoms with Gasteiger partial charge in [0.2, 0.25) is 10.0 Å². The Morgan fingerprint density at radius 2 is 1.87 bits per heavy atom. The molecule has 23 heavy (non-hydrogen) atoms. The molecule has 3 unspecified atom stereocenters. The number of sulfonamides is 1. The van der Waals surface area contributed by atoms with E-state index in [1.807, 2.05) is 19.1 Å². The maximum absolute atomic E-state index is 12.9. The summed E-state index contributed by atoms with van der Waals surface area (Å²) < 4.78 is 27.2. The average molecular weight is 337 g/mol. The van der Waals surface area contributed by atoms with Crippen LogP contribution >= 0.6 is 0 Å². The van der Waals surface area contributed by atoms with Gasteiger partial charge in [0.15, 0.2) is 0 Å². The van der Waals surface area contributed by atoms with Crippen molar-refractivity contribution in [3.63, 3.8) is 0 Å². The highest BCUT2D eigenvalue weighted by atomic mass is 32.2. The highest BCUT2D eigenvalue weighted by Gasteiger charge is 2.50. The number of rotatable bonds is 4. The van der Waals surface area contributed by atoms with Crippen LogP contribution in [0.2, 0.25) is 0 Å². The minimum absolute atomic E-state index is 0.125. The molecule has 0 bridgehead atoms. The summed E-state index contributed by atoms with van der Waals surface area (Å²) in [5.74, 6) is -0.954. The molecule has 2 fully saturated rings. The summed E-state index contributed by atoms with van der Waals surface area (Å²) in [5.41, 5.74) is 1.78. The molecule has 1 N–H and O–H groups in total. The van der Waals surface area contributed by atoms with Crippen LogP contribution in [0.25, 0.3) is 0 Å². The van der Waals surface area contributed by atoms with Crippen LogP contribution in [0.4, 0.5) is 0 Å². The molecule has 3 atom stereocenters. The van der Waals surface area contributed by atoms with Crippen molar-refractivity contribution < 1.29 is 18.3 Å². The van der Waals surface area contributed by atoms with Crippen molar-refractivity contribution in [1.82, 2.24) is 4.31 Å². The van der Waals surface area contributed by atoms with Gasteiger partial charge in [0, 0.05) is 6.04 Å². The number of aliphatic carboxylic acids is 1. The molecule has 0 aromatic heterocycles. The fraction of sp³-hybridized carbons (Fsp3) is 0.588. The van der Waals surface area contributed by atoms with E-state index in [4.69, 9.17) is 0 Å². The number of aryl methyl sites for hydroxylation is 1. The molecule has 1 saturated carbocycles. The third-order valence-electron chi connectivity index (χ3n) is 5.10. The zero-order chi connectivity index (χ0) is 16.6. The molecule has 0 amide bonds. The predicted octanol–water partition coefficient (Wildman–Crippen LogP) is 2.54. The van der Waals surface area contributed by atoms with E-state index in [0.717, 1.165) is 31.2 Å². The maximum atomic E-state index is 12.9. The van der Waals surface area contributed by atoms with Gasteiger partial charge in [0.1, 0.15) is 6.04 Å². The molecule has 1 aliphatic heterocycles. The van der Waals surface area contributed by atoms with Gasteiger partial charge in [-0.25, -0.2) is 8.42 Å². The van der Waals surface area contributed by atoms with E-state index in [0.29, 0.717) is 12.0 Å². The second kappa shape index (κ2) is 6.24. The summed E-state index contributed by atoms with van der Waals surface area (Å²) >= 11 is 0. The standard InChI is InChI=1S/C17H23NO4S/c1-12-6-8-13(9-7-12)11-23(21,22)18-15-5-3-2-4-14(15)10-16(18)17(19)20/h6-9,14-16H,2-5,10-11H2,1H3,(H,19,20). The Morgan fingerprint density at radius 3 is 2.52 bits per heavy atom. The number of benzene rings is 1. The second-order valence-electron chi connectivity index (χ2n) is 6.77. The van der Waals surface area contributed by atoms with Gasteiger partial charge in [0.25, 0.3) is 0 Å². The van der Waals surface area contributed by atoms with Crippen LogP contribution in [-0.4, -0.2) is 35.9 Å². The van der Waals surface area contributed by atoms with Crippen molar-refractivity contribution in [2.45, 2.75) is 56.9 Å². The fourth-order valence-electron chi connectivity index (χ4n) is 4.00. The molecule has 1 saturated heterocycles. The Hall–Kier alpha value is -1.40. The highest BCUT2D eigenvalue weighted by Crippen LogP contribution is 2.41. The summed E-state index contributed by atoms with van der Waals surface area (Å²) in [6.45, 7) is 1.95. The van der Waals surface area contributed by atoms with E-state index in [2.05, 4.69) is 0 Å². The number of carbonyl (C=O) groups is 1. The minimum atomic E-state index is -3.64. The summed E-state index contributed by atoms with van der Waals surface area (Å²) in [6.07, 6.45) is 4.21. The van der Waals surface area contributed by atoms with Crippen molar-refractivity contribution in [3.05, 3.63) is 35.4 Å². The number of nitrogens with zero attached hydrogens (tertiary/aromatic N) is 1. The van der Waals surface area contributed by atoms with Gasteiger partial charge in [-0.05, 0) is 37.7 Å². The smallest absolute Gasteiger partial charge is 0.322 e. The van der Waals surface area contributed by atoms with E-state index in [1.54, 1.807) is 12.1 Å². The van der Waals surface area contributed by atoms with Crippen LogP contribution in [0.1, 0.15) is 43.2 Å². The number of carboxylic acid groups (broad SMARTS) is 1. The Balaban J connectivity index is 1.88. The van der Waals surface area contributed by atoms with Gasteiger partial charge in [0.05, 0.1) is 5.75 Å². The largest absolute Gasteiger partial charge is 0.480 e.